The lowest BCUT2D eigenvalue weighted by Gasteiger charge is -2.13. The second kappa shape index (κ2) is 5.61. The van der Waals surface area contributed by atoms with Crippen molar-refractivity contribution in [2.75, 3.05) is 21.3 Å². The summed E-state index contributed by atoms with van der Waals surface area (Å²) in [5, 5.41) is 0. The minimum atomic E-state index is -1.30. The molecule has 1 saturated carbocycles. The minimum Gasteiger partial charge on any atom is -0.469 e. The molecule has 0 aromatic carbocycles. The first-order valence-electron chi connectivity index (χ1n) is 5.25. The third-order valence-electron chi connectivity index (χ3n) is 2.99. The molecular weight excluding hydrogens is 244 g/mol. The van der Waals surface area contributed by atoms with E-state index in [-0.39, 0.29) is 6.42 Å². The molecule has 100 valence electrons. The largest absolute Gasteiger partial charge is 0.469 e. The van der Waals surface area contributed by atoms with Crippen LogP contribution in [0.25, 0.3) is 0 Å². The van der Waals surface area contributed by atoms with Crippen LogP contribution in [0.3, 0.4) is 0 Å². The predicted molar refractivity (Wildman–Crippen MR) is 56.1 cm³/mol. The Balaban J connectivity index is 3.03. The SMILES string of the molecule is COC(=O)C1CC(C(=O)OC)C(C(=O)OC)C1=O. The summed E-state index contributed by atoms with van der Waals surface area (Å²) >= 11 is 0. The van der Waals surface area contributed by atoms with Crippen LogP contribution in [0.2, 0.25) is 0 Å². The molecule has 1 rings (SSSR count). The summed E-state index contributed by atoms with van der Waals surface area (Å²) in [7, 11) is 3.39. The van der Waals surface area contributed by atoms with E-state index in [0.29, 0.717) is 0 Å². The third-order valence-corrected chi connectivity index (χ3v) is 2.99. The number of carbonyl (C=O) groups is 4. The van der Waals surface area contributed by atoms with E-state index >= 15 is 0 Å². The fourth-order valence-electron chi connectivity index (χ4n) is 2.07. The van der Waals surface area contributed by atoms with Crippen LogP contribution in [-0.2, 0) is 33.4 Å². The Morgan fingerprint density at radius 2 is 1.44 bits per heavy atom. The molecule has 0 aliphatic heterocycles. The summed E-state index contributed by atoms with van der Waals surface area (Å²) in [6.07, 6.45) is -0.0993. The standard InChI is InChI=1S/C11H14O7/c1-16-9(13)5-4-6(10(14)17-2)8(12)7(5)11(15)18-3/h5-7H,4H2,1-3H3. The molecular formula is C11H14O7. The number of methoxy groups -OCH3 is 3. The molecule has 1 fully saturated rings. The highest BCUT2D eigenvalue weighted by molar-refractivity contribution is 6.12. The van der Waals surface area contributed by atoms with Gasteiger partial charge in [-0.3, -0.25) is 19.2 Å². The van der Waals surface area contributed by atoms with Crippen LogP contribution in [0.4, 0.5) is 0 Å². The van der Waals surface area contributed by atoms with E-state index < -0.39 is 41.4 Å². The van der Waals surface area contributed by atoms with Gasteiger partial charge in [-0.2, -0.15) is 0 Å². The Hall–Kier alpha value is -1.92. The number of rotatable bonds is 3. The van der Waals surface area contributed by atoms with Crippen LogP contribution < -0.4 is 0 Å². The first kappa shape index (κ1) is 14.1. The maximum absolute atomic E-state index is 11.9. The third kappa shape index (κ3) is 2.34. The number of ketones is 1. The molecule has 3 unspecified atom stereocenters. The molecule has 0 aromatic rings. The average Bonchev–Trinajstić information content (AvgIpc) is 2.73. The first-order chi connectivity index (χ1) is 8.47. The zero-order chi connectivity index (χ0) is 13.9. The van der Waals surface area contributed by atoms with Crippen LogP contribution in [0.1, 0.15) is 6.42 Å². The molecule has 0 N–H and O–H groups in total. The highest BCUT2D eigenvalue weighted by Gasteiger charge is 2.53. The Labute approximate surface area is 103 Å². The van der Waals surface area contributed by atoms with Crippen molar-refractivity contribution in [3.05, 3.63) is 0 Å². The lowest BCUT2D eigenvalue weighted by atomic mass is 9.96. The quantitative estimate of drug-likeness (QED) is 0.376. The van der Waals surface area contributed by atoms with E-state index in [2.05, 4.69) is 14.2 Å². The molecule has 0 aromatic heterocycles. The van der Waals surface area contributed by atoms with Gasteiger partial charge in [0.15, 0.2) is 5.78 Å². The Morgan fingerprint density at radius 1 is 0.944 bits per heavy atom. The Bertz CT molecular complexity index is 387. The number of esters is 3. The molecule has 7 nitrogen and oxygen atoms in total. The summed E-state index contributed by atoms with van der Waals surface area (Å²) in [5.74, 6) is -6.41. The van der Waals surface area contributed by atoms with E-state index in [0.717, 1.165) is 21.3 Å². The van der Waals surface area contributed by atoms with E-state index in [1.165, 1.54) is 0 Å². The number of hydrogen-bond acceptors (Lipinski definition) is 7. The van der Waals surface area contributed by atoms with Gasteiger partial charge in [0.2, 0.25) is 0 Å². The van der Waals surface area contributed by atoms with Gasteiger partial charge in [-0.15, -0.1) is 0 Å². The van der Waals surface area contributed by atoms with Gasteiger partial charge >= 0.3 is 17.9 Å². The molecule has 0 bridgehead atoms. The van der Waals surface area contributed by atoms with Crippen LogP contribution in [-0.4, -0.2) is 45.0 Å². The minimum absolute atomic E-state index is 0.0993. The summed E-state index contributed by atoms with van der Waals surface area (Å²) in [4.78, 5) is 46.3. The van der Waals surface area contributed by atoms with Gasteiger partial charge in [-0.05, 0) is 6.42 Å². The van der Waals surface area contributed by atoms with Gasteiger partial charge in [-0.25, -0.2) is 0 Å². The van der Waals surface area contributed by atoms with E-state index in [1.54, 1.807) is 0 Å². The van der Waals surface area contributed by atoms with Gasteiger partial charge in [0.05, 0.1) is 27.2 Å². The molecule has 1 aliphatic rings. The molecule has 0 radical (unpaired) electrons. The van der Waals surface area contributed by atoms with Gasteiger partial charge < -0.3 is 14.2 Å². The summed E-state index contributed by atoms with van der Waals surface area (Å²) in [6.45, 7) is 0. The zero-order valence-corrected chi connectivity index (χ0v) is 10.3. The van der Waals surface area contributed by atoms with Crippen molar-refractivity contribution >= 4 is 23.7 Å². The van der Waals surface area contributed by atoms with E-state index in [4.69, 9.17) is 0 Å². The highest BCUT2D eigenvalue weighted by Crippen LogP contribution is 2.35. The molecule has 1 aliphatic carbocycles. The van der Waals surface area contributed by atoms with Gasteiger partial charge in [0.1, 0.15) is 11.8 Å². The number of ether oxygens (including phenoxy) is 3. The Kier molecular flexibility index (Phi) is 4.41. The second-order valence-electron chi connectivity index (χ2n) is 3.84. The van der Waals surface area contributed by atoms with Gasteiger partial charge in [-0.1, -0.05) is 0 Å². The first-order valence-corrected chi connectivity index (χ1v) is 5.25. The maximum Gasteiger partial charge on any atom is 0.317 e. The molecule has 0 spiro atoms. The fourth-order valence-corrected chi connectivity index (χ4v) is 2.07. The maximum atomic E-state index is 11.9. The predicted octanol–water partition coefficient (Wildman–Crippen LogP) is -0.673. The molecule has 0 amide bonds. The molecule has 0 saturated heterocycles. The topological polar surface area (TPSA) is 96.0 Å². The number of carbonyl (C=O) groups excluding carboxylic acids is 4. The average molecular weight is 258 g/mol. The molecule has 0 heterocycles. The summed E-state index contributed by atoms with van der Waals surface area (Å²) < 4.78 is 13.5. The second-order valence-corrected chi connectivity index (χ2v) is 3.84. The van der Waals surface area contributed by atoms with Crippen LogP contribution in [0, 0.1) is 17.8 Å². The summed E-state index contributed by atoms with van der Waals surface area (Å²) in [6, 6.07) is 0. The summed E-state index contributed by atoms with van der Waals surface area (Å²) in [5.41, 5.74) is 0. The van der Waals surface area contributed by atoms with Crippen LogP contribution >= 0.6 is 0 Å². The number of hydrogen-bond donors (Lipinski definition) is 0. The van der Waals surface area contributed by atoms with Crippen LogP contribution in [0.15, 0.2) is 0 Å². The van der Waals surface area contributed by atoms with E-state index in [9.17, 15) is 19.2 Å². The van der Waals surface area contributed by atoms with Crippen molar-refractivity contribution in [2.45, 2.75) is 6.42 Å². The van der Waals surface area contributed by atoms with Crippen molar-refractivity contribution in [3.63, 3.8) is 0 Å². The lowest BCUT2D eigenvalue weighted by molar-refractivity contribution is -0.158. The van der Waals surface area contributed by atoms with E-state index in [1.807, 2.05) is 0 Å². The monoisotopic (exact) mass is 258 g/mol. The molecule has 3 atom stereocenters. The van der Waals surface area contributed by atoms with Crippen molar-refractivity contribution in [1.29, 1.82) is 0 Å². The fraction of sp³-hybridized carbons (Fsp3) is 0.636. The molecule has 7 heteroatoms. The van der Waals surface area contributed by atoms with Gasteiger partial charge in [0, 0.05) is 0 Å². The van der Waals surface area contributed by atoms with Crippen molar-refractivity contribution in [2.24, 2.45) is 17.8 Å². The number of Topliss-reactive ketones (excluding diaryl/α,β-unsaturated/α-hetero) is 1. The van der Waals surface area contributed by atoms with Crippen molar-refractivity contribution in [1.82, 2.24) is 0 Å². The normalized spacial score (nSPS) is 26.6. The van der Waals surface area contributed by atoms with Crippen molar-refractivity contribution < 1.29 is 33.4 Å². The van der Waals surface area contributed by atoms with Gasteiger partial charge in [0.25, 0.3) is 0 Å². The Morgan fingerprint density at radius 3 is 1.89 bits per heavy atom. The smallest absolute Gasteiger partial charge is 0.317 e. The molecule has 18 heavy (non-hydrogen) atoms. The zero-order valence-electron chi connectivity index (χ0n) is 10.3. The van der Waals surface area contributed by atoms with Crippen LogP contribution in [0.5, 0.6) is 0 Å². The van der Waals surface area contributed by atoms with Crippen molar-refractivity contribution in [3.8, 4) is 0 Å². The lowest BCUT2D eigenvalue weighted by Crippen LogP contribution is -2.32. The highest BCUT2D eigenvalue weighted by atomic mass is 16.5.